The molecule has 136 valence electrons. The predicted octanol–water partition coefficient (Wildman–Crippen LogP) is 2.98. The van der Waals surface area contributed by atoms with E-state index in [-0.39, 0.29) is 5.56 Å². The van der Waals surface area contributed by atoms with Gasteiger partial charge in [0.25, 0.3) is 5.56 Å². The summed E-state index contributed by atoms with van der Waals surface area (Å²) < 4.78 is 13.2. The Morgan fingerprint density at radius 3 is 2.15 bits per heavy atom. The van der Waals surface area contributed by atoms with E-state index in [2.05, 4.69) is 0 Å². The molecule has 0 saturated carbocycles. The molecule has 0 aliphatic rings. The van der Waals surface area contributed by atoms with E-state index in [9.17, 15) is 9.59 Å². The Labute approximate surface area is 155 Å². The number of nitrogens with zero attached hydrogens (tertiary/aromatic N) is 2. The Morgan fingerprint density at radius 2 is 1.58 bits per heavy atom. The van der Waals surface area contributed by atoms with Crippen LogP contribution in [0.1, 0.15) is 18.5 Å². The van der Waals surface area contributed by atoms with Crippen LogP contribution >= 0.6 is 11.6 Å². The van der Waals surface area contributed by atoms with Crippen molar-refractivity contribution in [3.05, 3.63) is 67.8 Å². The maximum Gasteiger partial charge on any atom is 0.331 e. The van der Waals surface area contributed by atoms with E-state index in [0.29, 0.717) is 27.4 Å². The lowest BCUT2D eigenvalue weighted by Gasteiger charge is -2.18. The topological polar surface area (TPSA) is 62.5 Å². The Hall–Kier alpha value is -2.73. The SMILES string of the molecule is COc1cc2c(=O)n([C@H](C)c3ccc(Cl)cc3)c(=O)n(C)c2cc1OC. The second-order valence-corrected chi connectivity index (χ2v) is 6.41. The van der Waals surface area contributed by atoms with Crippen LogP contribution in [-0.4, -0.2) is 23.4 Å². The normalized spacial score (nSPS) is 12.2. The van der Waals surface area contributed by atoms with Gasteiger partial charge in [0.05, 0.1) is 31.2 Å². The molecule has 26 heavy (non-hydrogen) atoms. The zero-order chi connectivity index (χ0) is 19.0. The average Bonchev–Trinajstić information content (AvgIpc) is 2.65. The number of methoxy groups -OCH3 is 2. The number of halogens is 1. The molecule has 0 radical (unpaired) electrons. The van der Waals surface area contributed by atoms with Crippen molar-refractivity contribution in [2.24, 2.45) is 7.05 Å². The summed E-state index contributed by atoms with van der Waals surface area (Å²) in [6.45, 7) is 1.80. The summed E-state index contributed by atoms with van der Waals surface area (Å²) >= 11 is 5.93. The van der Waals surface area contributed by atoms with Crippen LogP contribution in [0.25, 0.3) is 10.9 Å². The number of hydrogen-bond acceptors (Lipinski definition) is 4. The molecule has 1 aromatic heterocycles. The third kappa shape index (κ3) is 2.86. The minimum Gasteiger partial charge on any atom is -0.493 e. The van der Waals surface area contributed by atoms with Gasteiger partial charge in [-0.05, 0) is 30.7 Å². The van der Waals surface area contributed by atoms with Gasteiger partial charge in [-0.25, -0.2) is 4.79 Å². The summed E-state index contributed by atoms with van der Waals surface area (Å²) in [4.78, 5) is 25.9. The van der Waals surface area contributed by atoms with Crippen LogP contribution in [0.4, 0.5) is 0 Å². The molecule has 0 aliphatic carbocycles. The Bertz CT molecular complexity index is 1080. The number of hydrogen-bond donors (Lipinski definition) is 0. The van der Waals surface area contributed by atoms with E-state index in [0.717, 1.165) is 5.56 Å². The molecule has 0 unspecified atom stereocenters. The monoisotopic (exact) mass is 374 g/mol. The van der Waals surface area contributed by atoms with Gasteiger partial charge in [0.15, 0.2) is 11.5 Å². The zero-order valence-corrected chi connectivity index (χ0v) is 15.7. The molecule has 7 heteroatoms. The first-order valence-electron chi connectivity index (χ1n) is 8.01. The minimum absolute atomic E-state index is 0.380. The third-order valence-electron chi connectivity index (χ3n) is 4.55. The van der Waals surface area contributed by atoms with Gasteiger partial charge in [-0.15, -0.1) is 0 Å². The lowest BCUT2D eigenvalue weighted by atomic mass is 10.1. The molecule has 1 heterocycles. The third-order valence-corrected chi connectivity index (χ3v) is 4.80. The molecule has 3 rings (SSSR count). The van der Waals surface area contributed by atoms with Gasteiger partial charge >= 0.3 is 5.69 Å². The van der Waals surface area contributed by atoms with Crippen LogP contribution in [0.15, 0.2) is 46.0 Å². The highest BCUT2D eigenvalue weighted by atomic mass is 35.5. The first-order valence-corrected chi connectivity index (χ1v) is 8.39. The molecule has 6 nitrogen and oxygen atoms in total. The number of aryl methyl sites for hydroxylation is 1. The van der Waals surface area contributed by atoms with E-state index < -0.39 is 11.7 Å². The highest BCUT2D eigenvalue weighted by molar-refractivity contribution is 6.30. The van der Waals surface area contributed by atoms with Crippen LogP contribution in [0.2, 0.25) is 5.02 Å². The first kappa shape index (κ1) is 18.1. The summed E-state index contributed by atoms with van der Waals surface area (Å²) in [6.07, 6.45) is 0. The van der Waals surface area contributed by atoms with Gasteiger partial charge in [-0.2, -0.15) is 0 Å². The summed E-state index contributed by atoms with van der Waals surface area (Å²) in [6, 6.07) is 9.86. The van der Waals surface area contributed by atoms with Crippen LogP contribution in [-0.2, 0) is 7.05 Å². The highest BCUT2D eigenvalue weighted by Gasteiger charge is 2.19. The van der Waals surface area contributed by atoms with Crippen molar-refractivity contribution >= 4 is 22.5 Å². The summed E-state index contributed by atoms with van der Waals surface area (Å²) in [7, 11) is 4.63. The molecular formula is C19H19ClN2O4. The molecule has 3 aromatic rings. The Morgan fingerprint density at radius 1 is 1.00 bits per heavy atom. The standard InChI is InChI=1S/C19H19ClN2O4/c1-11(12-5-7-13(20)8-6-12)22-18(23)14-9-16(25-3)17(26-4)10-15(14)21(2)19(22)24/h5-11H,1-4H3/t11-/m1/s1. The predicted molar refractivity (Wildman–Crippen MR) is 102 cm³/mol. The number of fused-ring (bicyclic) bond motifs is 1. The fourth-order valence-electron chi connectivity index (χ4n) is 3.03. The molecule has 0 N–H and O–H groups in total. The van der Waals surface area contributed by atoms with Gasteiger partial charge in [0.2, 0.25) is 0 Å². The molecule has 2 aromatic carbocycles. The smallest absolute Gasteiger partial charge is 0.331 e. The van der Waals surface area contributed by atoms with Gasteiger partial charge in [0.1, 0.15) is 0 Å². The zero-order valence-electron chi connectivity index (χ0n) is 14.9. The highest BCUT2D eigenvalue weighted by Crippen LogP contribution is 2.30. The largest absolute Gasteiger partial charge is 0.493 e. The lowest BCUT2D eigenvalue weighted by Crippen LogP contribution is -2.41. The van der Waals surface area contributed by atoms with Gasteiger partial charge in [-0.1, -0.05) is 23.7 Å². The van der Waals surface area contributed by atoms with E-state index in [1.165, 1.54) is 23.4 Å². The minimum atomic E-state index is -0.448. The summed E-state index contributed by atoms with van der Waals surface area (Å²) in [5, 5.41) is 0.974. The van der Waals surface area contributed by atoms with Crippen molar-refractivity contribution in [2.45, 2.75) is 13.0 Å². The molecule has 0 saturated heterocycles. The van der Waals surface area contributed by atoms with Crippen LogP contribution in [0.5, 0.6) is 11.5 Å². The second kappa shape index (κ2) is 6.88. The number of aromatic nitrogens is 2. The van der Waals surface area contributed by atoms with Crippen LogP contribution in [0, 0.1) is 0 Å². The fourth-order valence-corrected chi connectivity index (χ4v) is 3.16. The van der Waals surface area contributed by atoms with Crippen molar-refractivity contribution in [3.63, 3.8) is 0 Å². The van der Waals surface area contributed by atoms with Crippen molar-refractivity contribution in [2.75, 3.05) is 14.2 Å². The molecule has 0 aliphatic heterocycles. The van der Waals surface area contributed by atoms with Crippen molar-refractivity contribution in [3.8, 4) is 11.5 Å². The first-order chi connectivity index (χ1) is 12.4. The van der Waals surface area contributed by atoms with Crippen molar-refractivity contribution in [1.29, 1.82) is 0 Å². The quantitative estimate of drug-likeness (QED) is 0.704. The molecule has 0 bridgehead atoms. The van der Waals surface area contributed by atoms with Gasteiger partial charge in [0, 0.05) is 18.1 Å². The van der Waals surface area contributed by atoms with Crippen LogP contribution in [0.3, 0.4) is 0 Å². The maximum absolute atomic E-state index is 13.1. The number of rotatable bonds is 4. The molecule has 0 spiro atoms. The van der Waals surface area contributed by atoms with Gasteiger partial charge < -0.3 is 9.47 Å². The Kier molecular flexibility index (Phi) is 4.78. The summed E-state index contributed by atoms with van der Waals surface area (Å²) in [5.41, 5.74) is 0.509. The number of benzene rings is 2. The van der Waals surface area contributed by atoms with E-state index in [1.807, 2.05) is 0 Å². The van der Waals surface area contributed by atoms with E-state index >= 15 is 0 Å². The van der Waals surface area contributed by atoms with E-state index in [1.54, 1.807) is 50.4 Å². The molecular weight excluding hydrogens is 356 g/mol. The Balaban J connectivity index is 2.31. The van der Waals surface area contributed by atoms with Crippen molar-refractivity contribution < 1.29 is 9.47 Å². The van der Waals surface area contributed by atoms with E-state index in [4.69, 9.17) is 21.1 Å². The summed E-state index contributed by atoms with van der Waals surface area (Å²) in [5.74, 6) is 0.888. The molecule has 1 atom stereocenters. The average molecular weight is 375 g/mol. The maximum atomic E-state index is 13.1. The second-order valence-electron chi connectivity index (χ2n) is 5.97. The molecule has 0 fully saturated rings. The lowest BCUT2D eigenvalue weighted by molar-refractivity contribution is 0.355. The van der Waals surface area contributed by atoms with Crippen molar-refractivity contribution in [1.82, 2.24) is 9.13 Å². The fraction of sp³-hybridized carbons (Fsp3) is 0.263. The van der Waals surface area contributed by atoms with Crippen LogP contribution < -0.4 is 20.7 Å². The molecule has 0 amide bonds. The number of ether oxygens (including phenoxy) is 2. The van der Waals surface area contributed by atoms with Gasteiger partial charge in [-0.3, -0.25) is 13.9 Å².